The van der Waals surface area contributed by atoms with Gasteiger partial charge < -0.3 is 9.47 Å². The molecular formula is C19H24ClN3O4S. The largest absolute Gasteiger partial charge is 0.497 e. The van der Waals surface area contributed by atoms with Crippen LogP contribution in [0.15, 0.2) is 29.3 Å². The van der Waals surface area contributed by atoms with Crippen LogP contribution in [0.3, 0.4) is 0 Å². The summed E-state index contributed by atoms with van der Waals surface area (Å²) in [5, 5.41) is 0.280. The first-order valence-corrected chi connectivity index (χ1v) is 10.9. The average molecular weight is 426 g/mol. The molecule has 0 saturated carbocycles. The van der Waals surface area contributed by atoms with Crippen molar-refractivity contribution in [3.8, 4) is 11.8 Å². The number of ether oxygens (including phenoxy) is 2. The monoisotopic (exact) mass is 425 g/mol. The molecule has 0 bridgehead atoms. The average Bonchev–Trinajstić information content (AvgIpc) is 2.65. The van der Waals surface area contributed by atoms with Gasteiger partial charge >= 0.3 is 6.01 Å². The molecule has 1 aliphatic heterocycles. The number of aryl methyl sites for hydroxylation is 2. The molecule has 1 saturated heterocycles. The summed E-state index contributed by atoms with van der Waals surface area (Å²) >= 11 is 5.86. The van der Waals surface area contributed by atoms with Crippen LogP contribution in [0.4, 0.5) is 0 Å². The molecular weight excluding hydrogens is 402 g/mol. The Hall–Kier alpha value is -1.90. The first-order chi connectivity index (χ1) is 13.3. The Morgan fingerprint density at radius 3 is 2.61 bits per heavy atom. The Morgan fingerprint density at radius 1 is 1.25 bits per heavy atom. The number of hydrogen-bond acceptors (Lipinski definition) is 6. The SMILES string of the molecule is COc1cc(C)c(S(=O)(=O)N2CCCC[C@H]2COc2nccc(Cl)n2)c(C)c1. The number of hydrogen-bond donors (Lipinski definition) is 0. The van der Waals surface area contributed by atoms with Crippen LogP contribution < -0.4 is 9.47 Å². The molecule has 1 aliphatic rings. The molecule has 1 aromatic carbocycles. The van der Waals surface area contributed by atoms with Crippen LogP contribution in [0.2, 0.25) is 5.15 Å². The van der Waals surface area contributed by atoms with Crippen LogP contribution in [-0.4, -0.2) is 49.0 Å². The van der Waals surface area contributed by atoms with Crippen molar-refractivity contribution in [2.75, 3.05) is 20.3 Å². The Kier molecular flexibility index (Phi) is 6.42. The number of halogens is 1. The fraction of sp³-hybridized carbons (Fsp3) is 0.474. The standard InChI is InChI=1S/C19H24ClN3O4S/c1-13-10-16(26-3)11-14(2)18(13)28(24,25)23-9-5-4-6-15(23)12-27-19-21-8-7-17(20)22-19/h7-8,10-11,15H,4-6,9,12H2,1-3H3/t15-/m0/s1. The maximum Gasteiger partial charge on any atom is 0.317 e. The molecule has 0 unspecified atom stereocenters. The van der Waals surface area contributed by atoms with Crippen molar-refractivity contribution < 1.29 is 17.9 Å². The Balaban J connectivity index is 1.86. The van der Waals surface area contributed by atoms with Gasteiger partial charge in [0.25, 0.3) is 0 Å². The Morgan fingerprint density at radius 2 is 1.96 bits per heavy atom. The summed E-state index contributed by atoms with van der Waals surface area (Å²) in [5.74, 6) is 0.644. The fourth-order valence-corrected chi connectivity index (χ4v) is 5.79. The van der Waals surface area contributed by atoms with Gasteiger partial charge in [0, 0.05) is 12.7 Å². The molecule has 3 rings (SSSR count). The van der Waals surface area contributed by atoms with Crippen molar-refractivity contribution in [3.05, 3.63) is 40.7 Å². The van der Waals surface area contributed by atoms with Crippen LogP contribution in [0, 0.1) is 13.8 Å². The quantitative estimate of drug-likeness (QED) is 0.660. The molecule has 152 valence electrons. The number of rotatable bonds is 6. The van der Waals surface area contributed by atoms with Gasteiger partial charge in [-0.1, -0.05) is 18.0 Å². The zero-order chi connectivity index (χ0) is 20.3. The van der Waals surface area contributed by atoms with E-state index in [9.17, 15) is 8.42 Å². The zero-order valence-electron chi connectivity index (χ0n) is 16.2. The van der Waals surface area contributed by atoms with Crippen molar-refractivity contribution in [2.24, 2.45) is 0 Å². The highest BCUT2D eigenvalue weighted by Crippen LogP contribution is 2.32. The predicted octanol–water partition coefficient (Wildman–Crippen LogP) is 3.38. The molecule has 28 heavy (non-hydrogen) atoms. The third kappa shape index (κ3) is 4.39. The first kappa shape index (κ1) is 20.8. The highest BCUT2D eigenvalue weighted by molar-refractivity contribution is 7.89. The van der Waals surface area contributed by atoms with E-state index in [0.29, 0.717) is 34.7 Å². The summed E-state index contributed by atoms with van der Waals surface area (Å²) in [6, 6.07) is 4.90. The van der Waals surface area contributed by atoms with E-state index in [0.717, 1.165) is 12.8 Å². The molecule has 2 aromatic rings. The van der Waals surface area contributed by atoms with Gasteiger partial charge in [-0.15, -0.1) is 0 Å². The maximum atomic E-state index is 13.5. The van der Waals surface area contributed by atoms with Crippen LogP contribution in [0.5, 0.6) is 11.8 Å². The maximum absolute atomic E-state index is 13.5. The van der Waals surface area contributed by atoms with Crippen molar-refractivity contribution in [1.29, 1.82) is 0 Å². The predicted molar refractivity (Wildman–Crippen MR) is 107 cm³/mol. The van der Waals surface area contributed by atoms with E-state index in [4.69, 9.17) is 21.1 Å². The molecule has 1 atom stereocenters. The number of aromatic nitrogens is 2. The van der Waals surface area contributed by atoms with E-state index in [1.807, 2.05) is 0 Å². The lowest BCUT2D eigenvalue weighted by Gasteiger charge is -2.35. The van der Waals surface area contributed by atoms with Crippen LogP contribution in [-0.2, 0) is 10.0 Å². The second kappa shape index (κ2) is 8.63. The molecule has 0 amide bonds. The van der Waals surface area contributed by atoms with Gasteiger partial charge in [-0.2, -0.15) is 9.29 Å². The molecule has 0 N–H and O–H groups in total. The highest BCUT2D eigenvalue weighted by Gasteiger charge is 2.36. The molecule has 0 aliphatic carbocycles. The number of nitrogens with zero attached hydrogens (tertiary/aromatic N) is 3. The summed E-state index contributed by atoms with van der Waals surface area (Å²) < 4.78 is 39.4. The minimum absolute atomic E-state index is 0.146. The summed E-state index contributed by atoms with van der Waals surface area (Å²) in [7, 11) is -2.11. The van der Waals surface area contributed by atoms with Crippen molar-refractivity contribution >= 4 is 21.6 Å². The van der Waals surface area contributed by atoms with E-state index < -0.39 is 10.0 Å². The van der Waals surface area contributed by atoms with E-state index in [-0.39, 0.29) is 23.8 Å². The van der Waals surface area contributed by atoms with E-state index in [1.165, 1.54) is 6.20 Å². The molecule has 0 spiro atoms. The van der Waals surface area contributed by atoms with E-state index in [2.05, 4.69) is 9.97 Å². The molecule has 2 heterocycles. The third-order valence-corrected chi connectivity index (χ3v) is 7.28. The lowest BCUT2D eigenvalue weighted by atomic mass is 10.1. The topological polar surface area (TPSA) is 81.6 Å². The summed E-state index contributed by atoms with van der Waals surface area (Å²) in [6.45, 7) is 4.21. The van der Waals surface area contributed by atoms with Crippen molar-refractivity contribution in [3.63, 3.8) is 0 Å². The number of methoxy groups -OCH3 is 1. The molecule has 9 heteroatoms. The van der Waals surface area contributed by atoms with Gasteiger partial charge in [0.1, 0.15) is 17.5 Å². The lowest BCUT2D eigenvalue weighted by molar-refractivity contribution is 0.161. The van der Waals surface area contributed by atoms with Crippen molar-refractivity contribution in [1.82, 2.24) is 14.3 Å². The van der Waals surface area contributed by atoms with Gasteiger partial charge in [0.2, 0.25) is 10.0 Å². The van der Waals surface area contributed by atoms with Gasteiger partial charge in [-0.25, -0.2) is 13.4 Å². The van der Waals surface area contributed by atoms with Crippen LogP contribution in [0.25, 0.3) is 0 Å². The highest BCUT2D eigenvalue weighted by atomic mass is 35.5. The third-order valence-electron chi connectivity index (χ3n) is 4.81. The molecule has 0 radical (unpaired) electrons. The van der Waals surface area contributed by atoms with Gasteiger partial charge in [0.15, 0.2) is 0 Å². The lowest BCUT2D eigenvalue weighted by Crippen LogP contribution is -2.47. The Bertz CT molecular complexity index is 929. The summed E-state index contributed by atoms with van der Waals surface area (Å²) in [6.07, 6.45) is 3.98. The Labute approximate surface area is 170 Å². The summed E-state index contributed by atoms with van der Waals surface area (Å²) in [4.78, 5) is 8.35. The van der Waals surface area contributed by atoms with Crippen LogP contribution in [0.1, 0.15) is 30.4 Å². The molecule has 1 fully saturated rings. The number of piperidine rings is 1. The fourth-order valence-electron chi connectivity index (χ4n) is 3.57. The second-order valence-electron chi connectivity index (χ2n) is 6.83. The van der Waals surface area contributed by atoms with E-state index >= 15 is 0 Å². The molecule has 1 aromatic heterocycles. The van der Waals surface area contributed by atoms with E-state index in [1.54, 1.807) is 43.5 Å². The van der Waals surface area contributed by atoms with Gasteiger partial charge in [0.05, 0.1) is 18.0 Å². The zero-order valence-corrected chi connectivity index (χ0v) is 17.8. The first-order valence-electron chi connectivity index (χ1n) is 9.11. The smallest absolute Gasteiger partial charge is 0.317 e. The van der Waals surface area contributed by atoms with Crippen molar-refractivity contribution in [2.45, 2.75) is 44.0 Å². The van der Waals surface area contributed by atoms with Gasteiger partial charge in [-0.05, 0) is 56.0 Å². The number of benzene rings is 1. The minimum atomic E-state index is -3.68. The normalized spacial score (nSPS) is 18.1. The minimum Gasteiger partial charge on any atom is -0.497 e. The van der Waals surface area contributed by atoms with Gasteiger partial charge in [-0.3, -0.25) is 0 Å². The van der Waals surface area contributed by atoms with Crippen LogP contribution >= 0.6 is 11.6 Å². The molecule has 7 nitrogen and oxygen atoms in total. The number of sulfonamides is 1. The second-order valence-corrected chi connectivity index (χ2v) is 9.04. The summed E-state index contributed by atoms with van der Waals surface area (Å²) in [5.41, 5.74) is 1.33.